The molecule has 2 radical (unpaired) electrons. The Kier molecular flexibility index (Phi) is 3.18. The Hall–Kier alpha value is -0.0151. The summed E-state index contributed by atoms with van der Waals surface area (Å²) in [5.74, 6) is 0. The molecule has 0 atom stereocenters. The lowest BCUT2D eigenvalue weighted by atomic mass is 10.6. The molecule has 2 nitrogen and oxygen atoms in total. The number of hydroxylamine groups is 2. The van der Waals surface area contributed by atoms with Crippen LogP contribution in [0.4, 0.5) is 0 Å². The van der Waals surface area contributed by atoms with Crippen LogP contribution in [0.2, 0.25) is 0 Å². The van der Waals surface area contributed by atoms with Crippen molar-refractivity contribution in [2.75, 3.05) is 13.6 Å². The molecule has 0 unspecified atom stereocenters. The molecule has 0 aliphatic heterocycles. The fourth-order valence-corrected chi connectivity index (χ4v) is 0.0745. The Morgan fingerprint density at radius 1 is 1.83 bits per heavy atom. The topological polar surface area (TPSA) is 12.5 Å². The molecule has 0 aliphatic carbocycles. The van der Waals surface area contributed by atoms with Crippen LogP contribution in [0, 0.1) is 0 Å². The molecule has 34 valence electrons. The second kappa shape index (κ2) is 3.19. The minimum absolute atomic E-state index is 0.816. The molecule has 0 saturated heterocycles. The SMILES string of the molecule is [B]ON(C)CC. The van der Waals surface area contributed by atoms with Crippen molar-refractivity contribution in [1.82, 2.24) is 5.06 Å². The first-order valence-corrected chi connectivity index (χ1v) is 1.89. The predicted molar refractivity (Wildman–Crippen MR) is 25.1 cm³/mol. The number of hydrogen-bond acceptors (Lipinski definition) is 2. The van der Waals surface area contributed by atoms with Gasteiger partial charge in [0.1, 0.15) is 0 Å². The minimum Gasteiger partial charge on any atom is -0.374 e. The average Bonchev–Trinajstić information content (AvgIpc) is 1.65. The number of nitrogens with zero attached hydrogens (tertiary/aromatic N) is 1. The normalized spacial score (nSPS) is 9.83. The summed E-state index contributed by atoms with van der Waals surface area (Å²) in [7, 11) is 6.47. The van der Waals surface area contributed by atoms with Gasteiger partial charge in [-0.15, -0.1) is 0 Å². The van der Waals surface area contributed by atoms with Gasteiger partial charge in [-0.05, 0) is 0 Å². The zero-order chi connectivity index (χ0) is 4.99. The lowest BCUT2D eigenvalue weighted by Gasteiger charge is -2.08. The average molecular weight is 84.9 g/mol. The smallest absolute Gasteiger partial charge is 0.317 e. The summed E-state index contributed by atoms with van der Waals surface area (Å²) in [5, 5.41) is 1.53. The van der Waals surface area contributed by atoms with E-state index < -0.39 is 0 Å². The van der Waals surface area contributed by atoms with Crippen LogP contribution in [-0.2, 0) is 4.76 Å². The zero-order valence-corrected chi connectivity index (χ0v) is 4.14. The van der Waals surface area contributed by atoms with Crippen molar-refractivity contribution >= 4 is 8.05 Å². The minimum atomic E-state index is 0.816. The second-order valence-corrected chi connectivity index (χ2v) is 1.05. The van der Waals surface area contributed by atoms with Crippen molar-refractivity contribution in [2.45, 2.75) is 6.92 Å². The molecule has 0 heterocycles. The highest BCUT2D eigenvalue weighted by molar-refractivity contribution is 5.97. The van der Waals surface area contributed by atoms with E-state index in [4.69, 9.17) is 8.05 Å². The van der Waals surface area contributed by atoms with Gasteiger partial charge in [-0.2, -0.15) is 0 Å². The van der Waals surface area contributed by atoms with Crippen molar-refractivity contribution in [2.24, 2.45) is 0 Å². The highest BCUT2D eigenvalue weighted by Gasteiger charge is 1.81. The zero-order valence-electron chi connectivity index (χ0n) is 4.14. The summed E-state index contributed by atoms with van der Waals surface area (Å²) in [6.45, 7) is 2.77. The van der Waals surface area contributed by atoms with Crippen LogP contribution < -0.4 is 0 Å². The van der Waals surface area contributed by atoms with Crippen LogP contribution in [0.15, 0.2) is 0 Å². The molecule has 3 heteroatoms. The highest BCUT2D eigenvalue weighted by Crippen LogP contribution is 1.73. The molecule has 0 aromatic carbocycles. The summed E-state index contributed by atoms with van der Waals surface area (Å²) < 4.78 is 4.23. The van der Waals surface area contributed by atoms with Crippen LogP contribution in [0.1, 0.15) is 6.92 Å². The Bertz CT molecular complexity index is 30.0. The maximum atomic E-state index is 4.71. The Morgan fingerprint density at radius 2 is 2.33 bits per heavy atom. The van der Waals surface area contributed by atoms with Crippen molar-refractivity contribution < 1.29 is 4.76 Å². The van der Waals surface area contributed by atoms with E-state index in [2.05, 4.69) is 4.76 Å². The Balaban J connectivity index is 2.75. The molecular weight excluding hydrogens is 76.9 g/mol. The third kappa shape index (κ3) is 2.24. The number of rotatable bonds is 2. The largest absolute Gasteiger partial charge is 0.374 e. The van der Waals surface area contributed by atoms with E-state index in [1.54, 1.807) is 7.05 Å². The molecule has 6 heavy (non-hydrogen) atoms. The molecule has 0 amide bonds. The van der Waals surface area contributed by atoms with Gasteiger partial charge in [0.25, 0.3) is 0 Å². The van der Waals surface area contributed by atoms with Crippen LogP contribution in [0.5, 0.6) is 0 Å². The summed E-state index contributed by atoms with van der Waals surface area (Å²) in [5.41, 5.74) is 0. The quantitative estimate of drug-likeness (QED) is 0.344. The maximum absolute atomic E-state index is 4.71. The summed E-state index contributed by atoms with van der Waals surface area (Å²) >= 11 is 0. The van der Waals surface area contributed by atoms with Gasteiger partial charge in [0.05, 0.1) is 0 Å². The molecule has 0 saturated carbocycles. The molecule has 0 bridgehead atoms. The monoisotopic (exact) mass is 85.1 g/mol. The van der Waals surface area contributed by atoms with E-state index >= 15 is 0 Å². The summed E-state index contributed by atoms with van der Waals surface area (Å²) in [6.07, 6.45) is 0. The van der Waals surface area contributed by atoms with E-state index in [1.165, 1.54) is 5.06 Å². The highest BCUT2D eigenvalue weighted by atomic mass is 16.6. The molecule has 0 aromatic rings. The van der Waals surface area contributed by atoms with Crippen molar-refractivity contribution in [3.63, 3.8) is 0 Å². The molecule has 0 spiro atoms. The van der Waals surface area contributed by atoms with E-state index in [0.717, 1.165) is 6.54 Å². The van der Waals surface area contributed by atoms with Gasteiger partial charge >= 0.3 is 8.05 Å². The molecule has 0 aromatic heterocycles. The lowest BCUT2D eigenvalue weighted by molar-refractivity contribution is -0.0175. The first kappa shape index (κ1) is 5.98. The van der Waals surface area contributed by atoms with Gasteiger partial charge in [0.15, 0.2) is 0 Å². The summed E-state index contributed by atoms with van der Waals surface area (Å²) in [4.78, 5) is 0. The van der Waals surface area contributed by atoms with Crippen molar-refractivity contribution in [3.05, 3.63) is 0 Å². The van der Waals surface area contributed by atoms with Gasteiger partial charge in [-0.3, -0.25) is 0 Å². The molecule has 0 fully saturated rings. The second-order valence-electron chi connectivity index (χ2n) is 1.05. The lowest BCUT2D eigenvalue weighted by Crippen LogP contribution is -2.15. The molecule has 0 aliphatic rings. The van der Waals surface area contributed by atoms with Crippen molar-refractivity contribution in [3.8, 4) is 0 Å². The van der Waals surface area contributed by atoms with Crippen LogP contribution in [0.3, 0.4) is 0 Å². The molecule has 0 rings (SSSR count). The van der Waals surface area contributed by atoms with Gasteiger partial charge in [0.2, 0.25) is 0 Å². The van der Waals surface area contributed by atoms with Crippen LogP contribution in [0.25, 0.3) is 0 Å². The maximum Gasteiger partial charge on any atom is 0.317 e. The van der Waals surface area contributed by atoms with E-state index in [0.29, 0.717) is 0 Å². The van der Waals surface area contributed by atoms with Crippen LogP contribution in [-0.4, -0.2) is 26.7 Å². The Labute approximate surface area is 39.5 Å². The van der Waals surface area contributed by atoms with Crippen LogP contribution >= 0.6 is 0 Å². The Morgan fingerprint density at radius 3 is 2.33 bits per heavy atom. The fourth-order valence-electron chi connectivity index (χ4n) is 0.0745. The first-order valence-electron chi connectivity index (χ1n) is 1.89. The van der Waals surface area contributed by atoms with E-state index in [9.17, 15) is 0 Å². The van der Waals surface area contributed by atoms with Gasteiger partial charge < -0.3 is 4.76 Å². The molecular formula is C3H8BNO. The van der Waals surface area contributed by atoms with Gasteiger partial charge in [0, 0.05) is 13.6 Å². The third-order valence-electron chi connectivity index (χ3n) is 0.625. The van der Waals surface area contributed by atoms with E-state index in [1.807, 2.05) is 6.92 Å². The summed E-state index contributed by atoms with van der Waals surface area (Å²) in [6, 6.07) is 0. The third-order valence-corrected chi connectivity index (χ3v) is 0.625. The standard InChI is InChI=1S/C3H8BNO/c1-3-5(2)6-4/h3H2,1-2H3. The first-order chi connectivity index (χ1) is 2.81. The van der Waals surface area contributed by atoms with Crippen molar-refractivity contribution in [1.29, 1.82) is 0 Å². The van der Waals surface area contributed by atoms with Gasteiger partial charge in [-0.1, -0.05) is 6.92 Å². The fraction of sp³-hybridized carbons (Fsp3) is 1.00. The predicted octanol–water partition coefficient (Wildman–Crippen LogP) is -0.0468. The van der Waals surface area contributed by atoms with E-state index in [-0.39, 0.29) is 0 Å². The molecule has 0 N–H and O–H groups in total. The van der Waals surface area contributed by atoms with Gasteiger partial charge in [-0.25, -0.2) is 5.06 Å². The number of hydrogen-bond donors (Lipinski definition) is 0.